The molecule has 0 aromatic heterocycles. The number of nitrogens with two attached hydrogens (primary N) is 1. The lowest BCUT2D eigenvalue weighted by molar-refractivity contribution is 0.238. The Labute approximate surface area is 116 Å². The first kappa shape index (κ1) is 14.1. The lowest BCUT2D eigenvalue weighted by Crippen LogP contribution is -2.15. The predicted molar refractivity (Wildman–Crippen MR) is 80.3 cm³/mol. The Morgan fingerprint density at radius 1 is 1.21 bits per heavy atom. The van der Waals surface area contributed by atoms with Gasteiger partial charge in [-0.05, 0) is 52.0 Å². The first-order valence-electron chi connectivity index (χ1n) is 7.36. The first-order valence-corrected chi connectivity index (χ1v) is 7.36. The zero-order chi connectivity index (χ0) is 13.7. The Morgan fingerprint density at radius 2 is 2.00 bits per heavy atom. The zero-order valence-corrected chi connectivity index (χ0v) is 12.1. The molecule has 2 heteroatoms. The average molecular weight is 259 g/mol. The molecule has 1 unspecified atom stereocenters. The molecule has 0 spiro atoms. The maximum Gasteiger partial charge on any atom is 0.124 e. The van der Waals surface area contributed by atoms with Gasteiger partial charge in [-0.1, -0.05) is 29.8 Å². The largest absolute Gasteiger partial charge is 0.491 e. The Bertz CT molecular complexity index is 437. The van der Waals surface area contributed by atoms with Gasteiger partial charge in [-0.15, -0.1) is 0 Å². The summed E-state index contributed by atoms with van der Waals surface area (Å²) in [7, 11) is 0. The van der Waals surface area contributed by atoms with E-state index in [1.165, 1.54) is 31.3 Å². The molecule has 2 N–H and O–H groups in total. The molecule has 19 heavy (non-hydrogen) atoms. The summed E-state index contributed by atoms with van der Waals surface area (Å²) in [5.74, 6) is 0.932. The van der Waals surface area contributed by atoms with Crippen molar-refractivity contribution in [1.82, 2.24) is 0 Å². The lowest BCUT2D eigenvalue weighted by atomic mass is 9.91. The number of hydrogen-bond acceptors (Lipinski definition) is 2. The van der Waals surface area contributed by atoms with Crippen molar-refractivity contribution in [3.8, 4) is 5.75 Å². The van der Waals surface area contributed by atoms with Crippen LogP contribution < -0.4 is 10.5 Å². The lowest BCUT2D eigenvalue weighted by Gasteiger charge is -2.21. The molecule has 0 radical (unpaired) electrons. The Balaban J connectivity index is 2.09. The zero-order valence-electron chi connectivity index (χ0n) is 12.1. The fourth-order valence-corrected chi connectivity index (χ4v) is 2.63. The Hall–Kier alpha value is -1.28. The summed E-state index contributed by atoms with van der Waals surface area (Å²) in [4.78, 5) is 0. The molecule has 0 amide bonds. The van der Waals surface area contributed by atoms with E-state index in [-0.39, 0.29) is 12.1 Å². The summed E-state index contributed by atoms with van der Waals surface area (Å²) in [6.07, 6.45) is 8.57. The van der Waals surface area contributed by atoms with Crippen LogP contribution in [0.1, 0.15) is 57.6 Å². The van der Waals surface area contributed by atoms with Crippen molar-refractivity contribution in [2.45, 2.75) is 58.1 Å². The van der Waals surface area contributed by atoms with Crippen LogP contribution in [0, 0.1) is 0 Å². The van der Waals surface area contributed by atoms with Crippen LogP contribution in [0.25, 0.3) is 0 Å². The highest BCUT2D eigenvalue weighted by Gasteiger charge is 2.15. The van der Waals surface area contributed by atoms with E-state index in [0.29, 0.717) is 0 Å². The van der Waals surface area contributed by atoms with Crippen molar-refractivity contribution < 1.29 is 4.74 Å². The van der Waals surface area contributed by atoms with Crippen molar-refractivity contribution in [2.75, 3.05) is 0 Å². The van der Waals surface area contributed by atoms with Crippen LogP contribution >= 0.6 is 0 Å². The molecule has 0 heterocycles. The van der Waals surface area contributed by atoms with E-state index in [1.807, 2.05) is 32.0 Å². The van der Waals surface area contributed by atoms with Crippen LogP contribution in [0.5, 0.6) is 5.75 Å². The number of para-hydroxylation sites is 1. The predicted octanol–water partition coefficient (Wildman–Crippen LogP) is 4.36. The van der Waals surface area contributed by atoms with E-state index in [0.717, 1.165) is 17.7 Å². The molecule has 1 aromatic carbocycles. The van der Waals surface area contributed by atoms with Crippen LogP contribution in [0.3, 0.4) is 0 Å². The highest BCUT2D eigenvalue weighted by molar-refractivity contribution is 5.36. The van der Waals surface area contributed by atoms with Gasteiger partial charge >= 0.3 is 0 Å². The van der Waals surface area contributed by atoms with Gasteiger partial charge in [0, 0.05) is 11.6 Å². The molecule has 2 rings (SSSR count). The van der Waals surface area contributed by atoms with Crippen LogP contribution in [-0.4, -0.2) is 6.10 Å². The van der Waals surface area contributed by atoms with E-state index in [9.17, 15) is 0 Å². The summed E-state index contributed by atoms with van der Waals surface area (Å²) >= 11 is 0. The maximum absolute atomic E-state index is 6.38. The van der Waals surface area contributed by atoms with Gasteiger partial charge in [-0.25, -0.2) is 0 Å². The summed E-state index contributed by atoms with van der Waals surface area (Å²) in [5.41, 5.74) is 9.02. The Kier molecular flexibility index (Phi) is 5.03. The van der Waals surface area contributed by atoms with Gasteiger partial charge < -0.3 is 10.5 Å². The highest BCUT2D eigenvalue weighted by atomic mass is 16.5. The number of allylic oxidation sites excluding steroid dienone is 1. The van der Waals surface area contributed by atoms with Gasteiger partial charge in [-0.2, -0.15) is 0 Å². The quantitative estimate of drug-likeness (QED) is 0.797. The molecule has 1 aromatic rings. The molecule has 1 atom stereocenters. The van der Waals surface area contributed by atoms with Gasteiger partial charge in [0.25, 0.3) is 0 Å². The molecule has 2 nitrogen and oxygen atoms in total. The normalized spacial score (nSPS) is 17.2. The number of rotatable bonds is 5. The molecule has 0 bridgehead atoms. The van der Waals surface area contributed by atoms with Crippen LogP contribution in [-0.2, 0) is 0 Å². The third-order valence-corrected chi connectivity index (χ3v) is 3.55. The fraction of sp³-hybridized carbons (Fsp3) is 0.529. The minimum Gasteiger partial charge on any atom is -0.491 e. The smallest absolute Gasteiger partial charge is 0.124 e. The summed E-state index contributed by atoms with van der Waals surface area (Å²) < 4.78 is 5.86. The average Bonchev–Trinajstić information content (AvgIpc) is 2.39. The molecular weight excluding hydrogens is 234 g/mol. The minimum atomic E-state index is 0.0410. The van der Waals surface area contributed by atoms with Crippen molar-refractivity contribution in [1.29, 1.82) is 0 Å². The Morgan fingerprint density at radius 3 is 2.68 bits per heavy atom. The maximum atomic E-state index is 6.38. The van der Waals surface area contributed by atoms with Gasteiger partial charge in [0.05, 0.1) is 6.10 Å². The van der Waals surface area contributed by atoms with E-state index in [4.69, 9.17) is 10.5 Å². The van der Waals surface area contributed by atoms with Gasteiger partial charge in [-0.3, -0.25) is 0 Å². The SMILES string of the molecule is CC(C)Oc1ccccc1C(N)CC1=CCCCC1. The van der Waals surface area contributed by atoms with Crippen LogP contribution in [0.4, 0.5) is 0 Å². The van der Waals surface area contributed by atoms with Crippen LogP contribution in [0.15, 0.2) is 35.9 Å². The second kappa shape index (κ2) is 6.76. The molecule has 1 aliphatic rings. The van der Waals surface area contributed by atoms with Crippen molar-refractivity contribution in [3.63, 3.8) is 0 Å². The molecule has 0 saturated heterocycles. The molecule has 1 aliphatic carbocycles. The van der Waals surface area contributed by atoms with E-state index in [1.54, 1.807) is 0 Å². The third kappa shape index (κ3) is 4.10. The second-order valence-electron chi connectivity index (χ2n) is 5.62. The third-order valence-electron chi connectivity index (χ3n) is 3.55. The molecular formula is C17H25NO. The van der Waals surface area contributed by atoms with E-state index in [2.05, 4.69) is 12.1 Å². The highest BCUT2D eigenvalue weighted by Crippen LogP contribution is 2.31. The van der Waals surface area contributed by atoms with Gasteiger partial charge in [0.1, 0.15) is 5.75 Å². The topological polar surface area (TPSA) is 35.2 Å². The first-order chi connectivity index (χ1) is 9.16. The summed E-state index contributed by atoms with van der Waals surface area (Å²) in [6.45, 7) is 4.10. The summed E-state index contributed by atoms with van der Waals surface area (Å²) in [6, 6.07) is 8.20. The molecule has 104 valence electrons. The fourth-order valence-electron chi connectivity index (χ4n) is 2.63. The van der Waals surface area contributed by atoms with Crippen molar-refractivity contribution in [2.24, 2.45) is 5.73 Å². The molecule has 0 aliphatic heterocycles. The standard InChI is InChI=1S/C17H25NO/c1-13(2)19-17-11-7-6-10-15(17)16(18)12-14-8-4-3-5-9-14/h6-8,10-11,13,16H,3-5,9,12,18H2,1-2H3. The monoisotopic (exact) mass is 259 g/mol. The summed E-state index contributed by atoms with van der Waals surface area (Å²) in [5, 5.41) is 0. The number of hydrogen-bond donors (Lipinski definition) is 1. The number of benzene rings is 1. The van der Waals surface area contributed by atoms with E-state index >= 15 is 0 Å². The molecule has 0 fully saturated rings. The molecule has 0 saturated carbocycles. The van der Waals surface area contributed by atoms with E-state index < -0.39 is 0 Å². The van der Waals surface area contributed by atoms with Gasteiger partial charge in [0.15, 0.2) is 0 Å². The minimum absolute atomic E-state index is 0.0410. The van der Waals surface area contributed by atoms with Gasteiger partial charge in [0.2, 0.25) is 0 Å². The number of ether oxygens (including phenoxy) is 1. The second-order valence-corrected chi connectivity index (χ2v) is 5.62. The van der Waals surface area contributed by atoms with Crippen LogP contribution in [0.2, 0.25) is 0 Å². The van der Waals surface area contributed by atoms with Crippen molar-refractivity contribution in [3.05, 3.63) is 41.5 Å². The van der Waals surface area contributed by atoms with Crippen molar-refractivity contribution >= 4 is 0 Å².